The summed E-state index contributed by atoms with van der Waals surface area (Å²) in [6, 6.07) is 5.38. The van der Waals surface area contributed by atoms with E-state index in [1.54, 1.807) is 0 Å². The van der Waals surface area contributed by atoms with Crippen LogP contribution < -0.4 is 0 Å². The second-order valence-electron chi connectivity index (χ2n) is 2.90. The number of aliphatic carboxylic acids is 1. The Kier molecular flexibility index (Phi) is 3.59. The molecule has 0 fully saturated rings. The molecule has 1 aromatic rings. The fraction of sp³-hybridized carbons (Fsp3) is 0.300. The molecule has 0 amide bonds. The van der Waals surface area contributed by atoms with Gasteiger partial charge in [-0.1, -0.05) is 12.1 Å². The molecule has 0 aromatic heterocycles. The molecule has 14 heavy (non-hydrogen) atoms. The van der Waals surface area contributed by atoms with Crippen LogP contribution in [0.1, 0.15) is 11.5 Å². The highest BCUT2D eigenvalue weighted by atomic mass is 19.1. The first-order valence-corrected chi connectivity index (χ1v) is 4.12. The van der Waals surface area contributed by atoms with Crippen LogP contribution in [0.4, 0.5) is 4.39 Å². The number of rotatable bonds is 4. The van der Waals surface area contributed by atoms with E-state index in [0.29, 0.717) is 5.56 Å². The minimum absolute atomic E-state index is 0.0843. The summed E-state index contributed by atoms with van der Waals surface area (Å²) in [5.74, 6) is -2.09. The largest absolute Gasteiger partial charge is 0.481 e. The van der Waals surface area contributed by atoms with Crippen LogP contribution in [0.5, 0.6) is 0 Å². The van der Waals surface area contributed by atoms with Crippen LogP contribution >= 0.6 is 0 Å². The number of methoxy groups -OCH3 is 1. The van der Waals surface area contributed by atoms with Gasteiger partial charge in [0, 0.05) is 7.11 Å². The Labute approximate surface area is 81.1 Å². The number of carbonyl (C=O) groups is 1. The molecule has 1 aromatic carbocycles. The monoisotopic (exact) mass is 198 g/mol. The first kappa shape index (κ1) is 10.7. The van der Waals surface area contributed by atoms with Crippen molar-refractivity contribution in [3.63, 3.8) is 0 Å². The lowest BCUT2D eigenvalue weighted by molar-refractivity contribution is -0.140. The normalized spacial score (nSPS) is 12.4. The van der Waals surface area contributed by atoms with Gasteiger partial charge in [-0.25, -0.2) is 4.39 Å². The molecule has 76 valence electrons. The fourth-order valence-electron chi connectivity index (χ4n) is 1.17. The van der Waals surface area contributed by atoms with Gasteiger partial charge in [-0.3, -0.25) is 4.79 Å². The Morgan fingerprint density at radius 3 is 2.50 bits per heavy atom. The highest BCUT2D eigenvalue weighted by Crippen LogP contribution is 2.16. The van der Waals surface area contributed by atoms with Gasteiger partial charge in [0.2, 0.25) is 0 Å². The third kappa shape index (κ3) is 2.53. The lowest BCUT2D eigenvalue weighted by atomic mass is 10.0. The number of ether oxygens (including phenoxy) is 1. The average Bonchev–Trinajstić information content (AvgIpc) is 2.15. The van der Waals surface area contributed by atoms with E-state index < -0.39 is 11.9 Å². The summed E-state index contributed by atoms with van der Waals surface area (Å²) in [4.78, 5) is 10.8. The van der Waals surface area contributed by atoms with E-state index in [2.05, 4.69) is 0 Å². The molecule has 0 saturated carbocycles. The SMILES string of the molecule is COCC(C(=O)O)c1ccc(F)cc1. The van der Waals surface area contributed by atoms with Crippen LogP contribution in [0.25, 0.3) is 0 Å². The Hall–Kier alpha value is -1.42. The first-order chi connectivity index (χ1) is 6.65. The van der Waals surface area contributed by atoms with Crippen LogP contribution in [0.3, 0.4) is 0 Å². The van der Waals surface area contributed by atoms with Crippen LogP contribution in [-0.4, -0.2) is 24.8 Å². The smallest absolute Gasteiger partial charge is 0.313 e. The van der Waals surface area contributed by atoms with Crippen molar-refractivity contribution in [2.45, 2.75) is 5.92 Å². The van der Waals surface area contributed by atoms with Gasteiger partial charge >= 0.3 is 5.97 Å². The molecule has 0 aliphatic rings. The zero-order chi connectivity index (χ0) is 10.6. The van der Waals surface area contributed by atoms with E-state index in [1.165, 1.54) is 31.4 Å². The molecular weight excluding hydrogens is 187 g/mol. The number of hydrogen-bond donors (Lipinski definition) is 1. The van der Waals surface area contributed by atoms with Gasteiger partial charge in [-0.2, -0.15) is 0 Å². The quantitative estimate of drug-likeness (QED) is 0.799. The molecular formula is C10H11FO3. The third-order valence-electron chi connectivity index (χ3n) is 1.90. The number of hydrogen-bond acceptors (Lipinski definition) is 2. The van der Waals surface area contributed by atoms with Crippen LogP contribution in [0.2, 0.25) is 0 Å². The van der Waals surface area contributed by atoms with Crippen molar-refractivity contribution < 1.29 is 19.0 Å². The molecule has 0 heterocycles. The topological polar surface area (TPSA) is 46.5 Å². The third-order valence-corrected chi connectivity index (χ3v) is 1.90. The minimum Gasteiger partial charge on any atom is -0.481 e. The average molecular weight is 198 g/mol. The van der Waals surface area contributed by atoms with Crippen LogP contribution in [0, 0.1) is 5.82 Å². The van der Waals surface area contributed by atoms with E-state index in [0.717, 1.165) is 0 Å². The van der Waals surface area contributed by atoms with Crippen LogP contribution in [-0.2, 0) is 9.53 Å². The van der Waals surface area contributed by atoms with Gasteiger partial charge in [0.15, 0.2) is 0 Å². The van der Waals surface area contributed by atoms with Gasteiger partial charge in [-0.15, -0.1) is 0 Å². The van der Waals surface area contributed by atoms with Crippen molar-refractivity contribution in [2.24, 2.45) is 0 Å². The van der Waals surface area contributed by atoms with E-state index in [1.807, 2.05) is 0 Å². The van der Waals surface area contributed by atoms with Crippen molar-refractivity contribution in [3.05, 3.63) is 35.6 Å². The van der Waals surface area contributed by atoms with E-state index in [-0.39, 0.29) is 12.4 Å². The number of benzene rings is 1. The van der Waals surface area contributed by atoms with Gasteiger partial charge in [-0.05, 0) is 17.7 Å². The zero-order valence-electron chi connectivity index (χ0n) is 7.74. The first-order valence-electron chi connectivity index (χ1n) is 4.12. The molecule has 0 spiro atoms. The predicted octanol–water partition coefficient (Wildman–Crippen LogP) is 1.64. The highest BCUT2D eigenvalue weighted by molar-refractivity contribution is 5.76. The molecule has 3 nitrogen and oxygen atoms in total. The van der Waals surface area contributed by atoms with Crippen molar-refractivity contribution >= 4 is 5.97 Å². The van der Waals surface area contributed by atoms with Gasteiger partial charge in [0.05, 0.1) is 6.61 Å². The molecule has 0 bridgehead atoms. The molecule has 1 N–H and O–H groups in total. The lowest BCUT2D eigenvalue weighted by Crippen LogP contribution is -2.16. The molecule has 1 unspecified atom stereocenters. The summed E-state index contributed by atoms with van der Waals surface area (Å²) in [5.41, 5.74) is 0.542. The molecule has 0 radical (unpaired) electrons. The molecule has 0 saturated heterocycles. The molecule has 1 rings (SSSR count). The number of halogens is 1. The highest BCUT2D eigenvalue weighted by Gasteiger charge is 2.19. The Balaban J connectivity index is 2.87. The van der Waals surface area contributed by atoms with E-state index in [9.17, 15) is 9.18 Å². The van der Waals surface area contributed by atoms with E-state index >= 15 is 0 Å². The summed E-state index contributed by atoms with van der Waals surface area (Å²) >= 11 is 0. The van der Waals surface area contributed by atoms with Crippen LogP contribution in [0.15, 0.2) is 24.3 Å². The zero-order valence-corrected chi connectivity index (χ0v) is 7.74. The van der Waals surface area contributed by atoms with Gasteiger partial charge < -0.3 is 9.84 Å². The van der Waals surface area contributed by atoms with Gasteiger partial charge in [0.25, 0.3) is 0 Å². The summed E-state index contributed by atoms with van der Waals surface area (Å²) in [6.07, 6.45) is 0. The Morgan fingerprint density at radius 1 is 1.50 bits per heavy atom. The summed E-state index contributed by atoms with van der Waals surface area (Å²) in [7, 11) is 1.43. The number of carboxylic acids is 1. The number of carboxylic acid groups (broad SMARTS) is 1. The minimum atomic E-state index is -0.974. The molecule has 0 aliphatic heterocycles. The summed E-state index contributed by atoms with van der Waals surface area (Å²) in [6.45, 7) is 0.0843. The fourth-order valence-corrected chi connectivity index (χ4v) is 1.17. The summed E-state index contributed by atoms with van der Waals surface area (Å²) in [5, 5.41) is 8.85. The Morgan fingerprint density at radius 2 is 2.07 bits per heavy atom. The predicted molar refractivity (Wildman–Crippen MR) is 48.7 cm³/mol. The lowest BCUT2D eigenvalue weighted by Gasteiger charge is -2.10. The maximum Gasteiger partial charge on any atom is 0.313 e. The second-order valence-corrected chi connectivity index (χ2v) is 2.90. The summed E-state index contributed by atoms with van der Waals surface area (Å²) < 4.78 is 17.3. The second kappa shape index (κ2) is 4.72. The van der Waals surface area contributed by atoms with Gasteiger partial charge in [0.1, 0.15) is 11.7 Å². The van der Waals surface area contributed by atoms with Crippen molar-refractivity contribution in [3.8, 4) is 0 Å². The van der Waals surface area contributed by atoms with E-state index in [4.69, 9.17) is 9.84 Å². The molecule has 1 atom stereocenters. The molecule has 4 heteroatoms. The van der Waals surface area contributed by atoms with Crippen molar-refractivity contribution in [1.29, 1.82) is 0 Å². The Bertz CT molecular complexity index is 308. The van der Waals surface area contributed by atoms with Crippen molar-refractivity contribution in [1.82, 2.24) is 0 Å². The molecule has 0 aliphatic carbocycles. The maximum atomic E-state index is 12.6. The maximum absolute atomic E-state index is 12.6. The van der Waals surface area contributed by atoms with Crippen molar-refractivity contribution in [2.75, 3.05) is 13.7 Å². The standard InChI is InChI=1S/C10H11FO3/c1-14-6-9(10(12)13)7-2-4-8(11)5-3-7/h2-5,9H,6H2,1H3,(H,12,13).